The average molecular weight is 306 g/mol. The van der Waals surface area contributed by atoms with Crippen molar-refractivity contribution in [3.05, 3.63) is 33.8 Å². The van der Waals surface area contributed by atoms with Gasteiger partial charge in [0.05, 0.1) is 13.5 Å². The number of methoxy groups -OCH3 is 1. The van der Waals surface area contributed by atoms with Gasteiger partial charge in [-0.05, 0) is 36.1 Å². The molecule has 0 saturated carbocycles. The van der Waals surface area contributed by atoms with Crippen molar-refractivity contribution in [1.29, 1.82) is 0 Å². The van der Waals surface area contributed by atoms with Gasteiger partial charge in [0.15, 0.2) is 0 Å². The van der Waals surface area contributed by atoms with Crippen LogP contribution in [0.3, 0.4) is 0 Å². The van der Waals surface area contributed by atoms with Crippen LogP contribution in [-0.4, -0.2) is 19.0 Å². The molecular formula is C12H14BrClO2. The highest BCUT2D eigenvalue weighted by atomic mass is 79.9. The molecule has 88 valence electrons. The van der Waals surface area contributed by atoms with Crippen molar-refractivity contribution in [3.8, 4) is 0 Å². The van der Waals surface area contributed by atoms with Gasteiger partial charge in [-0.2, -0.15) is 0 Å². The van der Waals surface area contributed by atoms with E-state index < -0.39 is 0 Å². The first-order valence-corrected chi connectivity index (χ1v) is 6.40. The Morgan fingerprint density at radius 2 is 2.19 bits per heavy atom. The van der Waals surface area contributed by atoms with Crippen LogP contribution in [0.2, 0.25) is 0 Å². The maximum Gasteiger partial charge on any atom is 0.309 e. The van der Waals surface area contributed by atoms with Gasteiger partial charge in [-0.15, -0.1) is 11.6 Å². The molecule has 1 aromatic carbocycles. The Balaban J connectivity index is 2.84. The van der Waals surface area contributed by atoms with Crippen molar-refractivity contribution >= 4 is 33.5 Å². The van der Waals surface area contributed by atoms with E-state index >= 15 is 0 Å². The number of carbonyl (C=O) groups is 1. The summed E-state index contributed by atoms with van der Waals surface area (Å²) >= 11 is 9.10. The molecule has 0 heterocycles. The highest BCUT2D eigenvalue weighted by Crippen LogP contribution is 2.19. The molecule has 0 saturated heterocycles. The summed E-state index contributed by atoms with van der Waals surface area (Å²) in [6.07, 6.45) is 2.11. The summed E-state index contributed by atoms with van der Waals surface area (Å²) in [5.41, 5.74) is 2.17. The van der Waals surface area contributed by atoms with Crippen molar-refractivity contribution in [2.24, 2.45) is 0 Å². The Hall–Kier alpha value is -0.540. The molecule has 0 atom stereocenters. The summed E-state index contributed by atoms with van der Waals surface area (Å²) in [7, 11) is 1.40. The molecule has 1 aromatic rings. The average Bonchev–Trinajstić information content (AvgIpc) is 2.29. The third kappa shape index (κ3) is 4.14. The molecule has 0 aliphatic carbocycles. The van der Waals surface area contributed by atoms with E-state index in [1.165, 1.54) is 7.11 Å². The molecule has 0 N–H and O–H groups in total. The Kier molecular flexibility index (Phi) is 5.85. The van der Waals surface area contributed by atoms with Gasteiger partial charge in [-0.25, -0.2) is 0 Å². The van der Waals surface area contributed by atoms with Crippen LogP contribution in [0.1, 0.15) is 17.5 Å². The largest absolute Gasteiger partial charge is 0.469 e. The number of ether oxygens (including phenoxy) is 1. The van der Waals surface area contributed by atoms with E-state index in [1.54, 1.807) is 0 Å². The fraction of sp³-hybridized carbons (Fsp3) is 0.417. The van der Waals surface area contributed by atoms with Crippen LogP contribution in [0.4, 0.5) is 0 Å². The number of halogens is 2. The van der Waals surface area contributed by atoms with Crippen LogP contribution in [-0.2, 0) is 22.4 Å². The van der Waals surface area contributed by atoms with Crippen LogP contribution in [0.25, 0.3) is 0 Å². The van der Waals surface area contributed by atoms with Gasteiger partial charge in [0.2, 0.25) is 0 Å². The lowest BCUT2D eigenvalue weighted by Gasteiger charge is -2.08. The lowest BCUT2D eigenvalue weighted by molar-refractivity contribution is -0.139. The zero-order valence-corrected chi connectivity index (χ0v) is 11.5. The van der Waals surface area contributed by atoms with Crippen molar-refractivity contribution in [1.82, 2.24) is 0 Å². The molecule has 0 aromatic heterocycles. The highest BCUT2D eigenvalue weighted by molar-refractivity contribution is 9.10. The third-order valence-electron chi connectivity index (χ3n) is 2.31. The molecule has 0 aliphatic heterocycles. The monoisotopic (exact) mass is 304 g/mol. The number of aryl methyl sites for hydroxylation is 1. The molecule has 0 spiro atoms. The third-order valence-corrected chi connectivity index (χ3v) is 3.07. The number of hydrogen-bond acceptors (Lipinski definition) is 2. The van der Waals surface area contributed by atoms with Gasteiger partial charge in [0.1, 0.15) is 0 Å². The smallest absolute Gasteiger partial charge is 0.309 e. The lowest BCUT2D eigenvalue weighted by atomic mass is 10.0. The normalized spacial score (nSPS) is 10.2. The molecule has 0 radical (unpaired) electrons. The van der Waals surface area contributed by atoms with Crippen LogP contribution in [0, 0.1) is 0 Å². The number of rotatable bonds is 5. The second kappa shape index (κ2) is 6.92. The Bertz CT molecular complexity index is 366. The van der Waals surface area contributed by atoms with Crippen LogP contribution in [0.5, 0.6) is 0 Å². The highest BCUT2D eigenvalue weighted by Gasteiger charge is 2.08. The van der Waals surface area contributed by atoms with E-state index in [-0.39, 0.29) is 5.97 Å². The number of alkyl halides is 1. The fourth-order valence-electron chi connectivity index (χ4n) is 1.48. The van der Waals surface area contributed by atoms with E-state index in [2.05, 4.69) is 20.7 Å². The standard InChI is InChI=1S/C12H14BrClO2/c1-16-12(15)8-10-4-5-11(13)7-9(10)3-2-6-14/h4-5,7H,2-3,6,8H2,1H3. The van der Waals surface area contributed by atoms with Crippen molar-refractivity contribution in [3.63, 3.8) is 0 Å². The van der Waals surface area contributed by atoms with E-state index in [0.29, 0.717) is 12.3 Å². The molecular weight excluding hydrogens is 291 g/mol. The molecule has 2 nitrogen and oxygen atoms in total. The zero-order valence-electron chi connectivity index (χ0n) is 9.13. The minimum Gasteiger partial charge on any atom is -0.469 e. The van der Waals surface area contributed by atoms with Gasteiger partial charge >= 0.3 is 5.97 Å². The predicted octanol–water partition coefficient (Wildman–Crippen LogP) is 3.34. The molecule has 0 bridgehead atoms. The lowest BCUT2D eigenvalue weighted by Crippen LogP contribution is -2.07. The molecule has 4 heteroatoms. The molecule has 0 amide bonds. The molecule has 0 unspecified atom stereocenters. The summed E-state index contributed by atoms with van der Waals surface area (Å²) < 4.78 is 5.69. The van der Waals surface area contributed by atoms with E-state index in [0.717, 1.165) is 28.4 Å². The second-order valence-corrected chi connectivity index (χ2v) is 4.75. The van der Waals surface area contributed by atoms with E-state index in [9.17, 15) is 4.79 Å². The number of carbonyl (C=O) groups excluding carboxylic acids is 1. The first kappa shape index (κ1) is 13.5. The Morgan fingerprint density at radius 1 is 1.44 bits per heavy atom. The minimum atomic E-state index is -0.213. The summed E-state index contributed by atoms with van der Waals surface area (Å²) in [5, 5.41) is 0. The zero-order chi connectivity index (χ0) is 12.0. The Morgan fingerprint density at radius 3 is 2.81 bits per heavy atom. The van der Waals surface area contributed by atoms with E-state index in [4.69, 9.17) is 11.6 Å². The van der Waals surface area contributed by atoms with Gasteiger partial charge in [-0.1, -0.05) is 22.0 Å². The van der Waals surface area contributed by atoms with E-state index in [1.807, 2.05) is 18.2 Å². The fourth-order valence-corrected chi connectivity index (χ4v) is 2.03. The first-order valence-electron chi connectivity index (χ1n) is 5.07. The topological polar surface area (TPSA) is 26.3 Å². The summed E-state index contributed by atoms with van der Waals surface area (Å²) in [5.74, 6) is 0.416. The summed E-state index contributed by atoms with van der Waals surface area (Å²) in [6.45, 7) is 0. The molecule has 0 aliphatic rings. The predicted molar refractivity (Wildman–Crippen MR) is 68.9 cm³/mol. The SMILES string of the molecule is COC(=O)Cc1ccc(Br)cc1CCCCl. The number of esters is 1. The quantitative estimate of drug-likeness (QED) is 0.616. The van der Waals surface area contributed by atoms with Gasteiger partial charge in [0.25, 0.3) is 0 Å². The summed E-state index contributed by atoms with van der Waals surface area (Å²) in [6, 6.07) is 5.91. The van der Waals surface area contributed by atoms with Gasteiger partial charge in [-0.3, -0.25) is 4.79 Å². The first-order chi connectivity index (χ1) is 7.67. The minimum absolute atomic E-state index is 0.213. The summed E-state index contributed by atoms with van der Waals surface area (Å²) in [4.78, 5) is 11.2. The van der Waals surface area contributed by atoms with Crippen molar-refractivity contribution in [2.45, 2.75) is 19.3 Å². The number of hydrogen-bond donors (Lipinski definition) is 0. The molecule has 0 fully saturated rings. The number of benzene rings is 1. The van der Waals surface area contributed by atoms with Crippen LogP contribution >= 0.6 is 27.5 Å². The van der Waals surface area contributed by atoms with Crippen molar-refractivity contribution < 1.29 is 9.53 Å². The maximum atomic E-state index is 11.2. The van der Waals surface area contributed by atoms with Gasteiger partial charge < -0.3 is 4.74 Å². The molecule has 16 heavy (non-hydrogen) atoms. The van der Waals surface area contributed by atoms with Crippen LogP contribution in [0.15, 0.2) is 22.7 Å². The maximum absolute atomic E-state index is 11.2. The Labute approximate surface area is 109 Å². The van der Waals surface area contributed by atoms with Crippen LogP contribution < -0.4 is 0 Å². The molecule has 1 rings (SSSR count). The second-order valence-electron chi connectivity index (χ2n) is 3.46. The van der Waals surface area contributed by atoms with Crippen molar-refractivity contribution in [2.75, 3.05) is 13.0 Å². The van der Waals surface area contributed by atoms with Gasteiger partial charge in [0, 0.05) is 10.4 Å².